The van der Waals surface area contributed by atoms with E-state index >= 15 is 0 Å². The lowest BCUT2D eigenvalue weighted by Gasteiger charge is -2.05. The molecule has 0 spiro atoms. The fraction of sp³-hybridized carbons (Fsp3) is 0.250. The molecule has 0 bridgehead atoms. The van der Waals surface area contributed by atoms with Gasteiger partial charge in [-0.1, -0.05) is 23.7 Å². The normalized spacial score (nSPS) is 18.8. The first-order valence-corrected chi connectivity index (χ1v) is 5.72. The number of fused-ring (bicyclic) bond motifs is 1. The smallest absolute Gasteiger partial charge is 0.0971 e. The predicted molar refractivity (Wildman–Crippen MR) is 64.3 cm³/mol. The van der Waals surface area contributed by atoms with Crippen LogP contribution in [0.1, 0.15) is 23.7 Å². The van der Waals surface area contributed by atoms with E-state index < -0.39 is 0 Å². The van der Waals surface area contributed by atoms with E-state index in [-0.39, 0.29) is 6.04 Å². The standard InChI is InChI=1S/C12H12ClN3/c13-8-3-1-7(2-4-8)12-11-9(14)5-6-10(11)15-16-12/h1-4,9H,5-6,14H2,(H,15,16). The van der Waals surface area contributed by atoms with Crippen molar-refractivity contribution >= 4 is 11.6 Å². The van der Waals surface area contributed by atoms with Crippen molar-refractivity contribution in [2.75, 3.05) is 0 Å². The van der Waals surface area contributed by atoms with Gasteiger partial charge < -0.3 is 5.73 Å². The minimum Gasteiger partial charge on any atom is -0.324 e. The van der Waals surface area contributed by atoms with Crippen LogP contribution in [0.5, 0.6) is 0 Å². The summed E-state index contributed by atoms with van der Waals surface area (Å²) in [5.41, 5.74) is 10.5. The van der Waals surface area contributed by atoms with Gasteiger partial charge in [-0.3, -0.25) is 5.10 Å². The lowest BCUT2D eigenvalue weighted by molar-refractivity contribution is 0.705. The summed E-state index contributed by atoms with van der Waals surface area (Å²) in [5, 5.41) is 8.14. The molecule has 3 N–H and O–H groups in total. The van der Waals surface area contributed by atoms with Crippen molar-refractivity contribution < 1.29 is 0 Å². The highest BCUT2D eigenvalue weighted by molar-refractivity contribution is 6.30. The molecule has 0 amide bonds. The molecule has 16 heavy (non-hydrogen) atoms. The number of nitrogens with one attached hydrogen (secondary N) is 1. The molecule has 1 aliphatic rings. The van der Waals surface area contributed by atoms with E-state index in [1.807, 2.05) is 24.3 Å². The molecule has 82 valence electrons. The Labute approximate surface area is 98.6 Å². The second-order valence-electron chi connectivity index (χ2n) is 4.12. The van der Waals surface area contributed by atoms with E-state index in [0.717, 1.165) is 29.1 Å². The van der Waals surface area contributed by atoms with E-state index in [1.165, 1.54) is 11.3 Å². The van der Waals surface area contributed by atoms with Crippen LogP contribution in [0.25, 0.3) is 11.3 Å². The van der Waals surface area contributed by atoms with Crippen molar-refractivity contribution in [2.24, 2.45) is 5.73 Å². The molecule has 0 saturated heterocycles. The Bertz CT molecular complexity index is 516. The molecule has 1 unspecified atom stereocenters. The van der Waals surface area contributed by atoms with E-state index in [9.17, 15) is 0 Å². The van der Waals surface area contributed by atoms with Crippen molar-refractivity contribution in [3.8, 4) is 11.3 Å². The number of hydrogen-bond donors (Lipinski definition) is 2. The van der Waals surface area contributed by atoms with Gasteiger partial charge in [0.25, 0.3) is 0 Å². The second kappa shape index (κ2) is 3.61. The summed E-state index contributed by atoms with van der Waals surface area (Å²) in [6.45, 7) is 0. The molecule has 0 aliphatic heterocycles. The maximum Gasteiger partial charge on any atom is 0.0971 e. The van der Waals surface area contributed by atoms with Crippen molar-refractivity contribution in [3.05, 3.63) is 40.5 Å². The van der Waals surface area contributed by atoms with Gasteiger partial charge >= 0.3 is 0 Å². The zero-order valence-corrected chi connectivity index (χ0v) is 9.46. The largest absolute Gasteiger partial charge is 0.324 e. The van der Waals surface area contributed by atoms with Gasteiger partial charge in [0.2, 0.25) is 0 Å². The van der Waals surface area contributed by atoms with Gasteiger partial charge in [0.1, 0.15) is 0 Å². The number of benzene rings is 1. The summed E-state index contributed by atoms with van der Waals surface area (Å²) in [4.78, 5) is 0. The Balaban J connectivity index is 2.11. The van der Waals surface area contributed by atoms with Crippen LogP contribution < -0.4 is 5.73 Å². The summed E-state index contributed by atoms with van der Waals surface area (Å²) in [6.07, 6.45) is 2.00. The zero-order valence-electron chi connectivity index (χ0n) is 8.70. The number of hydrogen-bond acceptors (Lipinski definition) is 2. The fourth-order valence-corrected chi connectivity index (χ4v) is 2.37. The van der Waals surface area contributed by atoms with Gasteiger partial charge in [-0.25, -0.2) is 0 Å². The third kappa shape index (κ3) is 1.44. The molecular formula is C12H12ClN3. The van der Waals surface area contributed by atoms with Gasteiger partial charge in [0.15, 0.2) is 0 Å². The number of nitrogens with two attached hydrogens (primary N) is 1. The monoisotopic (exact) mass is 233 g/mol. The quantitative estimate of drug-likeness (QED) is 0.796. The van der Waals surface area contributed by atoms with Gasteiger partial charge in [-0.2, -0.15) is 5.10 Å². The summed E-state index contributed by atoms with van der Waals surface area (Å²) >= 11 is 5.87. The van der Waals surface area contributed by atoms with E-state index in [4.69, 9.17) is 17.3 Å². The first kappa shape index (κ1) is 9.87. The Morgan fingerprint density at radius 1 is 1.31 bits per heavy atom. The van der Waals surface area contributed by atoms with Crippen molar-refractivity contribution in [2.45, 2.75) is 18.9 Å². The second-order valence-corrected chi connectivity index (χ2v) is 4.55. The van der Waals surface area contributed by atoms with E-state index in [0.29, 0.717) is 0 Å². The number of aromatic amines is 1. The maximum absolute atomic E-state index is 6.07. The number of nitrogens with zero attached hydrogens (tertiary/aromatic N) is 1. The van der Waals surface area contributed by atoms with Gasteiger partial charge in [-0.15, -0.1) is 0 Å². The third-order valence-electron chi connectivity index (χ3n) is 3.08. The van der Waals surface area contributed by atoms with Crippen LogP contribution in [0.2, 0.25) is 5.02 Å². The van der Waals surface area contributed by atoms with E-state index in [1.54, 1.807) is 0 Å². The first-order chi connectivity index (χ1) is 7.75. The lowest BCUT2D eigenvalue weighted by Crippen LogP contribution is -2.06. The Kier molecular flexibility index (Phi) is 2.23. The minimum absolute atomic E-state index is 0.111. The van der Waals surface area contributed by atoms with Crippen LogP contribution in [0.4, 0.5) is 0 Å². The molecule has 1 heterocycles. The highest BCUT2D eigenvalue weighted by Crippen LogP contribution is 2.35. The number of halogens is 1. The molecule has 2 aromatic rings. The van der Waals surface area contributed by atoms with Crippen molar-refractivity contribution in [3.63, 3.8) is 0 Å². The topological polar surface area (TPSA) is 54.7 Å². The minimum atomic E-state index is 0.111. The summed E-state index contributed by atoms with van der Waals surface area (Å²) in [5.74, 6) is 0. The number of H-pyrrole nitrogens is 1. The molecule has 4 heteroatoms. The van der Waals surface area contributed by atoms with Crippen LogP contribution in [-0.2, 0) is 6.42 Å². The average molecular weight is 234 g/mol. The summed E-state index contributed by atoms with van der Waals surface area (Å²) in [6, 6.07) is 7.81. The fourth-order valence-electron chi connectivity index (χ4n) is 2.25. The maximum atomic E-state index is 6.07. The third-order valence-corrected chi connectivity index (χ3v) is 3.33. The highest BCUT2D eigenvalue weighted by Gasteiger charge is 2.25. The molecule has 1 aromatic carbocycles. The van der Waals surface area contributed by atoms with Gasteiger partial charge in [0.05, 0.1) is 5.69 Å². The number of rotatable bonds is 1. The van der Waals surface area contributed by atoms with Crippen molar-refractivity contribution in [1.29, 1.82) is 0 Å². The zero-order chi connectivity index (χ0) is 11.1. The van der Waals surface area contributed by atoms with Crippen LogP contribution >= 0.6 is 11.6 Å². The molecular weight excluding hydrogens is 222 g/mol. The predicted octanol–water partition coefficient (Wildman–Crippen LogP) is 2.68. The molecule has 1 atom stereocenters. The Morgan fingerprint density at radius 3 is 2.81 bits per heavy atom. The van der Waals surface area contributed by atoms with Crippen LogP contribution in [0, 0.1) is 0 Å². The SMILES string of the molecule is NC1CCc2[nH]nc(-c3ccc(Cl)cc3)c21. The molecule has 0 radical (unpaired) electrons. The molecule has 3 rings (SSSR count). The van der Waals surface area contributed by atoms with Crippen molar-refractivity contribution in [1.82, 2.24) is 10.2 Å². The molecule has 0 fully saturated rings. The number of aryl methyl sites for hydroxylation is 1. The first-order valence-electron chi connectivity index (χ1n) is 5.34. The Morgan fingerprint density at radius 2 is 2.06 bits per heavy atom. The van der Waals surface area contributed by atoms with Gasteiger partial charge in [0, 0.05) is 27.9 Å². The molecule has 1 aromatic heterocycles. The van der Waals surface area contributed by atoms with Gasteiger partial charge in [-0.05, 0) is 25.0 Å². The number of aromatic nitrogens is 2. The van der Waals surface area contributed by atoms with E-state index in [2.05, 4.69) is 10.2 Å². The molecule has 3 nitrogen and oxygen atoms in total. The lowest BCUT2D eigenvalue weighted by atomic mass is 10.0. The summed E-state index contributed by atoms with van der Waals surface area (Å²) in [7, 11) is 0. The average Bonchev–Trinajstić information content (AvgIpc) is 2.84. The molecule has 1 aliphatic carbocycles. The van der Waals surface area contributed by atoms with Crippen LogP contribution in [0.15, 0.2) is 24.3 Å². The van der Waals surface area contributed by atoms with Crippen LogP contribution in [-0.4, -0.2) is 10.2 Å². The Hall–Kier alpha value is -1.32. The van der Waals surface area contributed by atoms with Crippen LogP contribution in [0.3, 0.4) is 0 Å². The summed E-state index contributed by atoms with van der Waals surface area (Å²) < 4.78 is 0. The highest BCUT2D eigenvalue weighted by atomic mass is 35.5. The molecule has 0 saturated carbocycles.